The van der Waals surface area contributed by atoms with Crippen molar-refractivity contribution >= 4 is 16.7 Å². The average Bonchev–Trinajstić information content (AvgIpc) is 3.03. The van der Waals surface area contributed by atoms with Crippen LogP contribution < -0.4 is 21.9 Å². The number of benzene rings is 3. The number of para-hydroxylation sites is 4. The van der Waals surface area contributed by atoms with Crippen LogP contribution in [0.25, 0.3) is 16.7 Å². The van der Waals surface area contributed by atoms with Crippen molar-refractivity contribution < 1.29 is 0 Å². The number of aromatic nitrogens is 2. The SMILES string of the molecule is O=c1c(=NNc2ccccc2)c(=O)n(-c2ccccc2)c2ccccc2n1CCC12CC3CC(CC(C3)C1)C2. The summed E-state index contributed by atoms with van der Waals surface area (Å²) in [6, 6.07) is 26.7. The van der Waals surface area contributed by atoms with Gasteiger partial charge in [-0.15, -0.1) is 0 Å². The molecule has 6 nitrogen and oxygen atoms in total. The van der Waals surface area contributed by atoms with Crippen molar-refractivity contribution in [3.05, 3.63) is 111 Å². The monoisotopic (exact) mass is 518 g/mol. The molecule has 4 aliphatic rings. The summed E-state index contributed by atoms with van der Waals surface area (Å²) in [7, 11) is 0. The molecule has 1 aromatic heterocycles. The number of fused-ring (bicyclic) bond motifs is 1. The molecule has 0 spiro atoms. The quantitative estimate of drug-likeness (QED) is 0.334. The second-order valence-electron chi connectivity index (χ2n) is 12.0. The third-order valence-corrected chi connectivity index (χ3v) is 9.38. The van der Waals surface area contributed by atoms with Crippen LogP contribution in [0, 0.1) is 23.2 Å². The van der Waals surface area contributed by atoms with Gasteiger partial charge in [-0.2, -0.15) is 5.10 Å². The molecule has 8 rings (SSSR count). The van der Waals surface area contributed by atoms with Crippen molar-refractivity contribution in [3.63, 3.8) is 0 Å². The Labute approximate surface area is 227 Å². The summed E-state index contributed by atoms with van der Waals surface area (Å²) in [4.78, 5) is 28.4. The zero-order chi connectivity index (χ0) is 26.4. The van der Waals surface area contributed by atoms with Crippen LogP contribution in [0.3, 0.4) is 0 Å². The molecule has 4 bridgehead atoms. The number of hydrogen-bond acceptors (Lipinski definition) is 4. The molecule has 0 atom stereocenters. The third kappa shape index (κ3) is 4.42. The zero-order valence-corrected chi connectivity index (χ0v) is 22.1. The molecule has 4 aromatic rings. The van der Waals surface area contributed by atoms with Gasteiger partial charge in [-0.25, -0.2) is 0 Å². The van der Waals surface area contributed by atoms with Crippen molar-refractivity contribution in [2.24, 2.45) is 28.3 Å². The molecule has 0 saturated heterocycles. The van der Waals surface area contributed by atoms with Crippen LogP contribution >= 0.6 is 0 Å². The molecule has 198 valence electrons. The van der Waals surface area contributed by atoms with Crippen LogP contribution in [0.5, 0.6) is 0 Å². The van der Waals surface area contributed by atoms with Gasteiger partial charge in [0.1, 0.15) is 0 Å². The summed E-state index contributed by atoms with van der Waals surface area (Å²) >= 11 is 0. The van der Waals surface area contributed by atoms with Crippen molar-refractivity contribution in [3.8, 4) is 5.69 Å². The first-order valence-electron chi connectivity index (χ1n) is 14.3. The van der Waals surface area contributed by atoms with E-state index in [1.54, 1.807) is 4.57 Å². The Hall–Kier alpha value is -3.93. The standard InChI is InChI=1S/C33H34N4O2/c38-31-30(35-34-26-9-3-1-4-10-26)32(39)37(27-11-5-2-6-12-27)29-14-8-7-13-28(29)36(31)16-15-33-20-23-17-24(21-33)19-25(18-23)22-33/h1-14,23-25,34H,15-22H2. The van der Waals surface area contributed by atoms with E-state index in [0.717, 1.165) is 35.4 Å². The molecule has 1 N–H and O–H groups in total. The number of rotatable bonds is 6. The zero-order valence-electron chi connectivity index (χ0n) is 22.1. The van der Waals surface area contributed by atoms with Gasteiger partial charge in [0.15, 0.2) is 0 Å². The van der Waals surface area contributed by atoms with Crippen LogP contribution in [-0.2, 0) is 6.54 Å². The lowest BCUT2D eigenvalue weighted by Gasteiger charge is -2.57. The van der Waals surface area contributed by atoms with Crippen LogP contribution in [0.15, 0.2) is 99.6 Å². The highest BCUT2D eigenvalue weighted by atomic mass is 16.1. The first-order valence-corrected chi connectivity index (χ1v) is 14.3. The fraction of sp³-hybridized carbons (Fsp3) is 0.364. The van der Waals surface area contributed by atoms with E-state index in [2.05, 4.69) is 10.5 Å². The number of hydrogen-bond donors (Lipinski definition) is 1. The predicted octanol–water partition coefficient (Wildman–Crippen LogP) is 5.69. The van der Waals surface area contributed by atoms with E-state index in [-0.39, 0.29) is 10.9 Å². The Bertz CT molecular complexity index is 1670. The maximum Gasteiger partial charge on any atom is 0.289 e. The molecular weight excluding hydrogens is 484 g/mol. The molecule has 39 heavy (non-hydrogen) atoms. The van der Waals surface area contributed by atoms with Gasteiger partial charge >= 0.3 is 0 Å². The molecule has 3 aromatic carbocycles. The molecule has 0 amide bonds. The maximum absolute atomic E-state index is 14.2. The van der Waals surface area contributed by atoms with Gasteiger partial charge in [0.05, 0.1) is 16.7 Å². The van der Waals surface area contributed by atoms with Crippen molar-refractivity contribution in [1.29, 1.82) is 0 Å². The van der Waals surface area contributed by atoms with Gasteiger partial charge in [0, 0.05) is 12.2 Å². The fourth-order valence-corrected chi connectivity index (χ4v) is 8.15. The summed E-state index contributed by atoms with van der Waals surface area (Å²) in [5.41, 5.74) is 5.40. The first-order chi connectivity index (χ1) is 19.1. The summed E-state index contributed by atoms with van der Waals surface area (Å²) < 4.78 is 3.45. The number of anilines is 1. The van der Waals surface area contributed by atoms with E-state index in [1.807, 2.05) is 89.5 Å². The normalized spacial score (nSPS) is 25.7. The molecule has 0 unspecified atom stereocenters. The van der Waals surface area contributed by atoms with Crippen LogP contribution in [0.4, 0.5) is 5.69 Å². The molecule has 4 saturated carbocycles. The van der Waals surface area contributed by atoms with Crippen LogP contribution in [0.1, 0.15) is 44.9 Å². The molecule has 4 fully saturated rings. The summed E-state index contributed by atoms with van der Waals surface area (Å²) in [6.45, 7) is 0.586. The minimum Gasteiger partial charge on any atom is -0.305 e. The van der Waals surface area contributed by atoms with Gasteiger partial charge in [0.25, 0.3) is 11.1 Å². The largest absolute Gasteiger partial charge is 0.305 e. The highest BCUT2D eigenvalue weighted by Crippen LogP contribution is 2.61. The maximum atomic E-state index is 14.2. The molecule has 0 aliphatic heterocycles. The van der Waals surface area contributed by atoms with E-state index in [4.69, 9.17) is 0 Å². The lowest BCUT2D eigenvalue weighted by Crippen LogP contribution is -2.47. The summed E-state index contributed by atoms with van der Waals surface area (Å²) in [6.07, 6.45) is 9.01. The summed E-state index contributed by atoms with van der Waals surface area (Å²) in [5.74, 6) is 2.56. The smallest absolute Gasteiger partial charge is 0.289 e. The van der Waals surface area contributed by atoms with E-state index >= 15 is 0 Å². The van der Waals surface area contributed by atoms with Crippen molar-refractivity contribution in [1.82, 2.24) is 9.13 Å². The highest BCUT2D eigenvalue weighted by Gasteiger charge is 2.50. The van der Waals surface area contributed by atoms with E-state index in [9.17, 15) is 9.59 Å². The average molecular weight is 519 g/mol. The van der Waals surface area contributed by atoms with Gasteiger partial charge in [-0.1, -0.05) is 48.5 Å². The molecule has 6 heteroatoms. The first kappa shape index (κ1) is 24.1. The molecule has 1 heterocycles. The molecular formula is C33H34N4O2. The topological polar surface area (TPSA) is 68.4 Å². The minimum atomic E-state index is -0.431. The second-order valence-corrected chi connectivity index (χ2v) is 12.0. The lowest BCUT2D eigenvalue weighted by molar-refractivity contribution is -0.0591. The Morgan fingerprint density at radius 1 is 0.718 bits per heavy atom. The Morgan fingerprint density at radius 2 is 1.28 bits per heavy atom. The highest BCUT2D eigenvalue weighted by molar-refractivity contribution is 5.76. The van der Waals surface area contributed by atoms with E-state index in [0.29, 0.717) is 23.2 Å². The molecule has 4 aliphatic carbocycles. The van der Waals surface area contributed by atoms with Crippen molar-refractivity contribution in [2.45, 2.75) is 51.5 Å². The Kier molecular flexibility index (Phi) is 5.98. The van der Waals surface area contributed by atoms with Crippen LogP contribution in [0.2, 0.25) is 0 Å². The van der Waals surface area contributed by atoms with Crippen molar-refractivity contribution in [2.75, 3.05) is 5.43 Å². The molecule has 0 radical (unpaired) electrons. The van der Waals surface area contributed by atoms with Gasteiger partial charge < -0.3 is 4.57 Å². The Balaban J connectivity index is 1.41. The van der Waals surface area contributed by atoms with Gasteiger partial charge in [-0.05, 0) is 105 Å². The second kappa shape index (κ2) is 9.67. The number of nitrogens with zero attached hydrogens (tertiary/aromatic N) is 3. The predicted molar refractivity (Wildman–Crippen MR) is 155 cm³/mol. The Morgan fingerprint density at radius 3 is 1.92 bits per heavy atom. The van der Waals surface area contributed by atoms with Gasteiger partial charge in [-0.3, -0.25) is 19.6 Å². The fourth-order valence-electron chi connectivity index (χ4n) is 8.15. The van der Waals surface area contributed by atoms with E-state index < -0.39 is 5.56 Å². The van der Waals surface area contributed by atoms with Gasteiger partial charge in [0.2, 0.25) is 5.36 Å². The number of aryl methyl sites for hydroxylation is 1. The lowest BCUT2D eigenvalue weighted by atomic mass is 9.49. The summed E-state index contributed by atoms with van der Waals surface area (Å²) in [5, 5.41) is 4.34. The van der Waals surface area contributed by atoms with E-state index in [1.165, 1.54) is 38.5 Å². The minimum absolute atomic E-state index is 0.107. The number of nitrogens with one attached hydrogen (secondary N) is 1. The third-order valence-electron chi connectivity index (χ3n) is 9.38. The van der Waals surface area contributed by atoms with Crippen LogP contribution in [-0.4, -0.2) is 9.13 Å².